The number of rotatable bonds is 5. The molecule has 0 atom stereocenters. The number of carbonyl (C=O) groups excluding carboxylic acids is 1. The highest BCUT2D eigenvalue weighted by Crippen LogP contribution is 2.15. The molecule has 0 aliphatic carbocycles. The van der Waals surface area contributed by atoms with Crippen LogP contribution in [0.5, 0.6) is 5.75 Å². The van der Waals surface area contributed by atoms with E-state index in [0.29, 0.717) is 13.2 Å². The topological polar surface area (TPSA) is 62.1 Å². The highest BCUT2D eigenvalue weighted by Gasteiger charge is 1.99. The molecule has 1 amide bonds. The maximum atomic E-state index is 11.0. The molecule has 0 saturated heterocycles. The average molecular weight is 232 g/mol. The zero-order valence-corrected chi connectivity index (χ0v) is 10.1. The molecule has 0 unspecified atom stereocenters. The zero-order chi connectivity index (χ0) is 12.7. The standard InChI is InChI=1S/C13H16N2O2/c1-10-7-11(2)9-12(8-10)17-6-5-15-13(16)3-4-14/h7-9H,3,5-6H2,1-2H3,(H,15,16). The van der Waals surface area contributed by atoms with Crippen LogP contribution in [-0.2, 0) is 4.79 Å². The van der Waals surface area contributed by atoms with Crippen molar-refractivity contribution in [2.24, 2.45) is 0 Å². The van der Waals surface area contributed by atoms with E-state index in [9.17, 15) is 4.79 Å². The molecule has 0 fully saturated rings. The molecule has 1 aromatic carbocycles. The number of nitrogens with zero attached hydrogens (tertiary/aromatic N) is 1. The van der Waals surface area contributed by atoms with Crippen LogP contribution in [0.4, 0.5) is 0 Å². The number of hydrogen-bond acceptors (Lipinski definition) is 3. The number of ether oxygens (including phenoxy) is 1. The Labute approximate surface area is 101 Å². The van der Waals surface area contributed by atoms with Crippen LogP contribution in [0.3, 0.4) is 0 Å². The first-order chi connectivity index (χ1) is 8.11. The molecule has 90 valence electrons. The van der Waals surface area contributed by atoms with E-state index in [-0.39, 0.29) is 12.3 Å². The van der Waals surface area contributed by atoms with Gasteiger partial charge in [-0.1, -0.05) is 6.07 Å². The van der Waals surface area contributed by atoms with Gasteiger partial charge in [0.15, 0.2) is 0 Å². The molecule has 4 nitrogen and oxygen atoms in total. The maximum Gasteiger partial charge on any atom is 0.234 e. The van der Waals surface area contributed by atoms with E-state index in [1.54, 1.807) is 6.07 Å². The maximum absolute atomic E-state index is 11.0. The SMILES string of the molecule is Cc1cc(C)cc(OCCNC(=O)CC#N)c1. The molecule has 0 aliphatic rings. The Kier molecular flexibility index (Phi) is 5.02. The zero-order valence-electron chi connectivity index (χ0n) is 10.1. The van der Waals surface area contributed by atoms with E-state index >= 15 is 0 Å². The van der Waals surface area contributed by atoms with E-state index in [2.05, 4.69) is 11.4 Å². The minimum absolute atomic E-state index is 0.108. The second-order valence-electron chi connectivity index (χ2n) is 3.86. The molecule has 0 aliphatic heterocycles. The summed E-state index contributed by atoms with van der Waals surface area (Å²) in [5.74, 6) is 0.536. The third-order valence-electron chi connectivity index (χ3n) is 2.13. The molecule has 0 saturated carbocycles. The number of nitrogens with one attached hydrogen (secondary N) is 1. The van der Waals surface area contributed by atoms with Gasteiger partial charge < -0.3 is 10.1 Å². The van der Waals surface area contributed by atoms with Crippen molar-refractivity contribution < 1.29 is 9.53 Å². The fourth-order valence-electron chi connectivity index (χ4n) is 1.51. The molecular weight excluding hydrogens is 216 g/mol. The lowest BCUT2D eigenvalue weighted by atomic mass is 10.1. The molecule has 1 rings (SSSR count). The largest absolute Gasteiger partial charge is 0.492 e. The van der Waals surface area contributed by atoms with Crippen molar-refractivity contribution >= 4 is 5.91 Å². The Morgan fingerprint density at radius 3 is 2.59 bits per heavy atom. The van der Waals surface area contributed by atoms with E-state index in [4.69, 9.17) is 10.00 Å². The van der Waals surface area contributed by atoms with Gasteiger partial charge in [0, 0.05) is 0 Å². The summed E-state index contributed by atoms with van der Waals surface area (Å²) < 4.78 is 5.50. The van der Waals surface area contributed by atoms with Crippen LogP contribution < -0.4 is 10.1 Å². The van der Waals surface area contributed by atoms with E-state index in [1.165, 1.54) is 0 Å². The monoisotopic (exact) mass is 232 g/mol. The smallest absolute Gasteiger partial charge is 0.234 e. The first kappa shape index (κ1) is 13.0. The Balaban J connectivity index is 2.31. The van der Waals surface area contributed by atoms with Gasteiger partial charge in [-0.05, 0) is 37.1 Å². The normalized spacial score (nSPS) is 9.47. The Morgan fingerprint density at radius 2 is 2.00 bits per heavy atom. The van der Waals surface area contributed by atoms with Crippen LogP contribution in [-0.4, -0.2) is 19.1 Å². The fourth-order valence-corrected chi connectivity index (χ4v) is 1.51. The van der Waals surface area contributed by atoms with Crippen molar-refractivity contribution in [3.05, 3.63) is 29.3 Å². The number of amides is 1. The van der Waals surface area contributed by atoms with Gasteiger partial charge in [-0.15, -0.1) is 0 Å². The number of carbonyl (C=O) groups is 1. The molecule has 0 spiro atoms. The molecule has 17 heavy (non-hydrogen) atoms. The number of benzene rings is 1. The van der Waals surface area contributed by atoms with E-state index in [0.717, 1.165) is 16.9 Å². The van der Waals surface area contributed by atoms with E-state index < -0.39 is 0 Å². The number of hydrogen-bond donors (Lipinski definition) is 1. The van der Waals surface area contributed by atoms with Gasteiger partial charge in [-0.3, -0.25) is 4.79 Å². The summed E-state index contributed by atoms with van der Waals surface area (Å²) in [5, 5.41) is 10.9. The summed E-state index contributed by atoms with van der Waals surface area (Å²) in [6.07, 6.45) is -0.108. The van der Waals surface area contributed by atoms with Crippen LogP contribution in [0.15, 0.2) is 18.2 Å². The van der Waals surface area contributed by atoms with Crippen molar-refractivity contribution in [2.75, 3.05) is 13.2 Å². The van der Waals surface area contributed by atoms with Crippen molar-refractivity contribution in [2.45, 2.75) is 20.3 Å². The second-order valence-corrected chi connectivity index (χ2v) is 3.86. The van der Waals surface area contributed by atoms with Crippen LogP contribution in [0.25, 0.3) is 0 Å². The lowest BCUT2D eigenvalue weighted by Gasteiger charge is -2.08. The Bertz CT molecular complexity index is 415. The highest BCUT2D eigenvalue weighted by molar-refractivity contribution is 5.77. The van der Waals surface area contributed by atoms with Gasteiger partial charge in [0.25, 0.3) is 0 Å². The molecule has 4 heteroatoms. The predicted octanol–water partition coefficient (Wildman–Crippen LogP) is 1.71. The lowest BCUT2D eigenvalue weighted by molar-refractivity contribution is -0.120. The van der Waals surface area contributed by atoms with Crippen LogP contribution in [0, 0.1) is 25.2 Å². The number of nitriles is 1. The third-order valence-corrected chi connectivity index (χ3v) is 2.13. The van der Waals surface area contributed by atoms with Crippen LogP contribution in [0.1, 0.15) is 17.5 Å². The summed E-state index contributed by atoms with van der Waals surface area (Å²) >= 11 is 0. The summed E-state index contributed by atoms with van der Waals surface area (Å²) in [4.78, 5) is 11.0. The van der Waals surface area contributed by atoms with Gasteiger partial charge in [-0.25, -0.2) is 0 Å². The average Bonchev–Trinajstić information content (AvgIpc) is 2.23. The summed E-state index contributed by atoms with van der Waals surface area (Å²) in [7, 11) is 0. The van der Waals surface area contributed by atoms with Gasteiger partial charge in [0.1, 0.15) is 18.8 Å². The molecule has 0 aromatic heterocycles. The van der Waals surface area contributed by atoms with Gasteiger partial charge in [0.2, 0.25) is 5.91 Å². The Hall–Kier alpha value is -2.02. The van der Waals surface area contributed by atoms with Crippen LogP contribution in [0.2, 0.25) is 0 Å². The predicted molar refractivity (Wildman–Crippen MR) is 64.7 cm³/mol. The highest BCUT2D eigenvalue weighted by atomic mass is 16.5. The third kappa shape index (κ3) is 5.03. The molecular formula is C13H16N2O2. The van der Waals surface area contributed by atoms with Crippen molar-refractivity contribution in [3.8, 4) is 11.8 Å². The van der Waals surface area contributed by atoms with Crippen molar-refractivity contribution in [1.29, 1.82) is 5.26 Å². The molecule has 0 heterocycles. The minimum Gasteiger partial charge on any atom is -0.492 e. The van der Waals surface area contributed by atoms with Gasteiger partial charge in [-0.2, -0.15) is 5.26 Å². The Morgan fingerprint density at radius 1 is 1.35 bits per heavy atom. The molecule has 0 bridgehead atoms. The molecule has 1 aromatic rings. The fraction of sp³-hybridized carbons (Fsp3) is 0.385. The second kappa shape index (κ2) is 6.54. The first-order valence-corrected chi connectivity index (χ1v) is 5.46. The van der Waals surface area contributed by atoms with Crippen molar-refractivity contribution in [1.82, 2.24) is 5.32 Å². The quantitative estimate of drug-likeness (QED) is 0.786. The van der Waals surface area contributed by atoms with E-state index in [1.807, 2.05) is 26.0 Å². The number of aryl methyl sites for hydroxylation is 2. The van der Waals surface area contributed by atoms with Crippen molar-refractivity contribution in [3.63, 3.8) is 0 Å². The summed E-state index contributed by atoms with van der Waals surface area (Å²) in [6.45, 7) is 4.83. The minimum atomic E-state index is -0.267. The molecule has 1 N–H and O–H groups in total. The summed E-state index contributed by atoms with van der Waals surface area (Å²) in [6, 6.07) is 7.76. The first-order valence-electron chi connectivity index (χ1n) is 5.46. The van der Waals surface area contributed by atoms with Gasteiger partial charge >= 0.3 is 0 Å². The van der Waals surface area contributed by atoms with Crippen LogP contribution >= 0.6 is 0 Å². The summed E-state index contributed by atoms with van der Waals surface area (Å²) in [5.41, 5.74) is 2.29. The van der Waals surface area contributed by atoms with Gasteiger partial charge in [0.05, 0.1) is 12.6 Å². The molecule has 0 radical (unpaired) electrons. The lowest BCUT2D eigenvalue weighted by Crippen LogP contribution is -2.27.